The monoisotopic (exact) mass is 346 g/mol. The van der Waals surface area contributed by atoms with Gasteiger partial charge in [-0.25, -0.2) is 0 Å². The van der Waals surface area contributed by atoms with E-state index < -0.39 is 0 Å². The van der Waals surface area contributed by atoms with Gasteiger partial charge in [-0.2, -0.15) is 0 Å². The zero-order valence-corrected chi connectivity index (χ0v) is 15.9. The number of guanidine groups is 1. The number of ether oxygens (including phenoxy) is 1. The first-order valence-corrected chi connectivity index (χ1v) is 9.77. The second kappa shape index (κ2) is 11.1. The van der Waals surface area contributed by atoms with Crippen molar-refractivity contribution in [2.75, 3.05) is 32.8 Å². The maximum Gasteiger partial charge on any atom is 0.191 e. The minimum absolute atomic E-state index is 0.334. The van der Waals surface area contributed by atoms with Crippen molar-refractivity contribution >= 4 is 5.96 Å². The van der Waals surface area contributed by atoms with Crippen LogP contribution in [0, 0.1) is 5.41 Å². The topological polar surface area (TPSA) is 58.5 Å². The Morgan fingerprint density at radius 3 is 2.80 bits per heavy atom. The highest BCUT2D eigenvalue weighted by Gasteiger charge is 2.33. The van der Waals surface area contributed by atoms with Crippen molar-refractivity contribution in [1.29, 1.82) is 0 Å². The summed E-state index contributed by atoms with van der Waals surface area (Å²) in [7, 11) is 0. The van der Waals surface area contributed by atoms with Crippen molar-refractivity contribution < 1.29 is 4.74 Å². The lowest BCUT2D eigenvalue weighted by molar-refractivity contribution is 0.107. The van der Waals surface area contributed by atoms with E-state index in [0.29, 0.717) is 5.41 Å². The number of nitrogens with zero attached hydrogens (tertiary/aromatic N) is 2. The van der Waals surface area contributed by atoms with E-state index in [9.17, 15) is 0 Å². The molecule has 0 amide bonds. The molecule has 1 fully saturated rings. The molecule has 25 heavy (non-hydrogen) atoms. The Hall–Kier alpha value is -1.62. The van der Waals surface area contributed by atoms with Gasteiger partial charge in [-0.3, -0.25) is 9.98 Å². The second-order valence-corrected chi connectivity index (χ2v) is 6.89. The maximum atomic E-state index is 5.60. The van der Waals surface area contributed by atoms with Crippen LogP contribution >= 0.6 is 0 Å². The molecule has 0 saturated heterocycles. The van der Waals surface area contributed by atoms with Gasteiger partial charge in [-0.05, 0) is 56.6 Å². The van der Waals surface area contributed by atoms with E-state index in [1.807, 2.05) is 18.5 Å². The lowest BCUT2D eigenvalue weighted by Gasteiger charge is -2.27. The molecule has 5 nitrogen and oxygen atoms in total. The van der Waals surface area contributed by atoms with Gasteiger partial charge in [0.25, 0.3) is 0 Å². The molecule has 2 N–H and O–H groups in total. The highest BCUT2D eigenvalue weighted by Crippen LogP contribution is 2.41. The predicted molar refractivity (Wildman–Crippen MR) is 104 cm³/mol. The van der Waals surface area contributed by atoms with Crippen LogP contribution in [0.3, 0.4) is 0 Å². The highest BCUT2D eigenvalue weighted by molar-refractivity contribution is 5.79. The number of hydrogen-bond donors (Lipinski definition) is 2. The summed E-state index contributed by atoms with van der Waals surface area (Å²) < 4.78 is 5.60. The first-order chi connectivity index (χ1) is 12.3. The standard InChI is InChI=1S/C20H34N4O/c1-3-22-19(23-14-9-18-8-7-13-21-16-18)24-17-20(10-5-6-11-20)12-15-25-4-2/h7-8,13,16H,3-6,9-12,14-15,17H2,1-2H3,(H2,22,23,24). The lowest BCUT2D eigenvalue weighted by atomic mass is 9.83. The highest BCUT2D eigenvalue weighted by atomic mass is 16.5. The molecule has 1 aromatic heterocycles. The van der Waals surface area contributed by atoms with Crippen LogP contribution in [0.15, 0.2) is 29.5 Å². The quantitative estimate of drug-likeness (QED) is 0.388. The van der Waals surface area contributed by atoms with Gasteiger partial charge in [-0.15, -0.1) is 0 Å². The van der Waals surface area contributed by atoms with E-state index in [4.69, 9.17) is 9.73 Å². The van der Waals surface area contributed by atoms with Crippen LogP contribution in [0.5, 0.6) is 0 Å². The molecule has 1 aliphatic rings. The second-order valence-electron chi connectivity index (χ2n) is 6.89. The third-order valence-electron chi connectivity index (χ3n) is 4.99. The zero-order valence-electron chi connectivity index (χ0n) is 15.9. The smallest absolute Gasteiger partial charge is 0.191 e. The van der Waals surface area contributed by atoms with Crippen LogP contribution in [0.2, 0.25) is 0 Å². The number of aromatic nitrogens is 1. The average Bonchev–Trinajstić information content (AvgIpc) is 3.10. The molecule has 1 heterocycles. The van der Waals surface area contributed by atoms with Crippen LogP contribution in [0.4, 0.5) is 0 Å². The molecule has 1 aromatic rings. The molecule has 0 aliphatic heterocycles. The molecular weight excluding hydrogens is 312 g/mol. The van der Waals surface area contributed by atoms with Gasteiger partial charge >= 0.3 is 0 Å². The molecule has 0 spiro atoms. The molecule has 0 atom stereocenters. The molecule has 0 radical (unpaired) electrons. The molecule has 5 heteroatoms. The Morgan fingerprint density at radius 1 is 1.28 bits per heavy atom. The van der Waals surface area contributed by atoms with Crippen molar-refractivity contribution in [3.05, 3.63) is 30.1 Å². The van der Waals surface area contributed by atoms with E-state index in [2.05, 4.69) is 35.5 Å². The average molecular weight is 347 g/mol. The molecular formula is C20H34N4O. The summed E-state index contributed by atoms with van der Waals surface area (Å²) >= 11 is 0. The van der Waals surface area contributed by atoms with Crippen LogP contribution in [0.1, 0.15) is 51.5 Å². The molecule has 2 rings (SSSR count). The number of nitrogens with one attached hydrogen (secondary N) is 2. The van der Waals surface area contributed by atoms with Gasteiger partial charge in [-0.1, -0.05) is 18.9 Å². The van der Waals surface area contributed by atoms with Crippen LogP contribution in [-0.4, -0.2) is 43.8 Å². The van der Waals surface area contributed by atoms with Crippen molar-refractivity contribution in [3.63, 3.8) is 0 Å². The molecule has 140 valence electrons. The first-order valence-electron chi connectivity index (χ1n) is 9.77. The summed E-state index contributed by atoms with van der Waals surface area (Å²) in [6.07, 6.45) is 11.0. The lowest BCUT2D eigenvalue weighted by Crippen LogP contribution is -2.39. The summed E-state index contributed by atoms with van der Waals surface area (Å²) in [5.41, 5.74) is 1.58. The van der Waals surface area contributed by atoms with Gasteiger partial charge in [0.1, 0.15) is 0 Å². The van der Waals surface area contributed by atoms with Gasteiger partial charge in [0.2, 0.25) is 0 Å². The Balaban J connectivity index is 1.86. The van der Waals surface area contributed by atoms with Crippen molar-refractivity contribution in [3.8, 4) is 0 Å². The van der Waals surface area contributed by atoms with E-state index >= 15 is 0 Å². The SMILES string of the molecule is CCNC(=NCC1(CCOCC)CCCC1)NCCc1cccnc1. The van der Waals surface area contributed by atoms with Gasteiger partial charge < -0.3 is 15.4 Å². The summed E-state index contributed by atoms with van der Waals surface area (Å²) in [5.74, 6) is 0.925. The summed E-state index contributed by atoms with van der Waals surface area (Å²) in [6, 6.07) is 4.09. The van der Waals surface area contributed by atoms with Crippen LogP contribution in [-0.2, 0) is 11.2 Å². The number of pyridine rings is 1. The molecule has 0 aromatic carbocycles. The molecule has 1 aliphatic carbocycles. The molecule has 1 saturated carbocycles. The van der Waals surface area contributed by atoms with Crippen molar-refractivity contribution in [2.45, 2.75) is 52.4 Å². The Labute approximate surface area is 152 Å². The van der Waals surface area contributed by atoms with E-state index in [1.165, 1.54) is 31.2 Å². The number of aliphatic imine (C=N–C) groups is 1. The minimum atomic E-state index is 0.334. The summed E-state index contributed by atoms with van der Waals surface area (Å²) in [6.45, 7) is 8.47. The van der Waals surface area contributed by atoms with Crippen LogP contribution in [0.25, 0.3) is 0 Å². The summed E-state index contributed by atoms with van der Waals surface area (Å²) in [4.78, 5) is 9.07. The Kier molecular flexibility index (Phi) is 8.73. The fourth-order valence-corrected chi connectivity index (χ4v) is 3.50. The van der Waals surface area contributed by atoms with E-state index in [0.717, 1.165) is 51.6 Å². The third-order valence-corrected chi connectivity index (χ3v) is 4.99. The largest absolute Gasteiger partial charge is 0.382 e. The van der Waals surface area contributed by atoms with Crippen molar-refractivity contribution in [1.82, 2.24) is 15.6 Å². The fraction of sp³-hybridized carbons (Fsp3) is 0.700. The first kappa shape index (κ1) is 19.7. The predicted octanol–water partition coefficient (Wildman–Crippen LogP) is 3.17. The molecule has 0 bridgehead atoms. The van der Waals surface area contributed by atoms with Crippen molar-refractivity contribution in [2.24, 2.45) is 10.4 Å². The van der Waals surface area contributed by atoms with Gasteiger partial charge in [0.15, 0.2) is 5.96 Å². The maximum absolute atomic E-state index is 5.60. The van der Waals surface area contributed by atoms with Gasteiger partial charge in [0.05, 0.1) is 0 Å². The normalized spacial score (nSPS) is 16.8. The third kappa shape index (κ3) is 7.02. The van der Waals surface area contributed by atoms with Gasteiger partial charge in [0, 0.05) is 45.2 Å². The number of hydrogen-bond acceptors (Lipinski definition) is 3. The van der Waals surface area contributed by atoms with Crippen LogP contribution < -0.4 is 10.6 Å². The minimum Gasteiger partial charge on any atom is -0.382 e. The van der Waals surface area contributed by atoms with E-state index in [1.54, 1.807) is 0 Å². The summed E-state index contributed by atoms with van der Waals surface area (Å²) in [5, 5.41) is 6.83. The zero-order chi connectivity index (χ0) is 17.8. The number of rotatable bonds is 10. The Morgan fingerprint density at radius 2 is 2.12 bits per heavy atom. The Bertz CT molecular complexity index is 498. The fourth-order valence-electron chi connectivity index (χ4n) is 3.50. The van der Waals surface area contributed by atoms with E-state index in [-0.39, 0.29) is 0 Å². The molecule has 0 unspecified atom stereocenters.